The summed E-state index contributed by atoms with van der Waals surface area (Å²) in [6.45, 7) is 10.8. The maximum absolute atomic E-state index is 4.64. The van der Waals surface area contributed by atoms with Crippen molar-refractivity contribution in [1.29, 1.82) is 0 Å². The minimum Gasteiger partial charge on any atom is -0.357 e. The zero-order chi connectivity index (χ0) is 16.3. The fraction of sp³-hybridized carbons (Fsp3) is 0.706. The maximum atomic E-state index is 4.64. The Kier molecular flexibility index (Phi) is 11.7. The molecule has 0 aliphatic carbocycles. The standard InChI is InChI=1S/C17H31N5S.HI/c1-3-18-17(20-14-16-6-13-23-15-16)19-7-4-5-8-22-11-9-21(2)10-12-22;/h6,13,15H,3-5,7-12,14H2,1-2H3,(H2,18,19,20);1H. The van der Waals surface area contributed by atoms with Crippen molar-refractivity contribution in [2.24, 2.45) is 4.99 Å². The molecule has 0 amide bonds. The topological polar surface area (TPSA) is 42.9 Å². The fourth-order valence-corrected chi connectivity index (χ4v) is 3.29. The van der Waals surface area contributed by atoms with Crippen LogP contribution in [0.5, 0.6) is 0 Å². The van der Waals surface area contributed by atoms with Gasteiger partial charge in [-0.25, -0.2) is 4.99 Å². The van der Waals surface area contributed by atoms with Gasteiger partial charge in [-0.05, 0) is 55.7 Å². The summed E-state index contributed by atoms with van der Waals surface area (Å²) in [5.74, 6) is 0.929. The average molecular weight is 465 g/mol. The van der Waals surface area contributed by atoms with E-state index in [1.54, 1.807) is 11.3 Å². The maximum Gasteiger partial charge on any atom is 0.191 e. The minimum absolute atomic E-state index is 0. The highest BCUT2D eigenvalue weighted by atomic mass is 127. The Labute approximate surface area is 167 Å². The quantitative estimate of drug-likeness (QED) is 0.268. The second kappa shape index (κ2) is 12.9. The van der Waals surface area contributed by atoms with E-state index >= 15 is 0 Å². The molecule has 2 N–H and O–H groups in total. The number of thiophene rings is 1. The number of piperazine rings is 1. The van der Waals surface area contributed by atoms with Gasteiger partial charge < -0.3 is 20.4 Å². The molecule has 1 aliphatic heterocycles. The van der Waals surface area contributed by atoms with Gasteiger partial charge in [0.15, 0.2) is 5.96 Å². The Morgan fingerprint density at radius 2 is 2.00 bits per heavy atom. The van der Waals surface area contributed by atoms with Crippen molar-refractivity contribution in [3.05, 3.63) is 22.4 Å². The van der Waals surface area contributed by atoms with E-state index in [0.717, 1.165) is 25.6 Å². The Bertz CT molecular complexity index is 444. The first-order valence-corrected chi connectivity index (χ1v) is 9.66. The summed E-state index contributed by atoms with van der Waals surface area (Å²) in [5.41, 5.74) is 1.28. The molecule has 2 heterocycles. The number of nitrogens with zero attached hydrogens (tertiary/aromatic N) is 3. The van der Waals surface area contributed by atoms with Crippen molar-refractivity contribution in [2.45, 2.75) is 26.3 Å². The molecule has 138 valence electrons. The molecule has 0 unspecified atom stereocenters. The van der Waals surface area contributed by atoms with E-state index in [1.165, 1.54) is 51.1 Å². The lowest BCUT2D eigenvalue weighted by Crippen LogP contribution is -2.44. The molecule has 1 aromatic heterocycles. The lowest BCUT2D eigenvalue weighted by Gasteiger charge is -2.32. The molecule has 0 bridgehead atoms. The summed E-state index contributed by atoms with van der Waals surface area (Å²) in [4.78, 5) is 9.62. The summed E-state index contributed by atoms with van der Waals surface area (Å²) in [7, 11) is 2.21. The molecule has 7 heteroatoms. The van der Waals surface area contributed by atoms with E-state index in [2.05, 4.69) is 56.2 Å². The number of hydrogen-bond donors (Lipinski definition) is 2. The summed E-state index contributed by atoms with van der Waals surface area (Å²) >= 11 is 1.72. The van der Waals surface area contributed by atoms with Gasteiger partial charge in [0, 0.05) is 39.3 Å². The molecule has 0 radical (unpaired) electrons. The molecule has 1 saturated heterocycles. The number of unbranched alkanes of at least 4 members (excludes halogenated alkanes) is 1. The molecular weight excluding hydrogens is 433 g/mol. The molecule has 5 nitrogen and oxygen atoms in total. The fourth-order valence-electron chi connectivity index (χ4n) is 2.63. The van der Waals surface area contributed by atoms with Crippen LogP contribution >= 0.6 is 35.3 Å². The van der Waals surface area contributed by atoms with Crippen molar-refractivity contribution in [1.82, 2.24) is 20.4 Å². The summed E-state index contributed by atoms with van der Waals surface area (Å²) in [5, 5.41) is 11.0. The number of likely N-dealkylation sites (N-methyl/N-ethyl adjacent to an activating group) is 1. The highest BCUT2D eigenvalue weighted by molar-refractivity contribution is 14.0. The minimum atomic E-state index is 0. The molecule has 2 rings (SSSR count). The third kappa shape index (κ3) is 8.64. The highest BCUT2D eigenvalue weighted by Gasteiger charge is 2.12. The number of nitrogens with one attached hydrogen (secondary N) is 2. The van der Waals surface area contributed by atoms with E-state index < -0.39 is 0 Å². The van der Waals surface area contributed by atoms with Crippen LogP contribution < -0.4 is 10.6 Å². The van der Waals surface area contributed by atoms with Crippen LogP contribution in [-0.4, -0.2) is 68.6 Å². The van der Waals surface area contributed by atoms with E-state index in [-0.39, 0.29) is 24.0 Å². The lowest BCUT2D eigenvalue weighted by molar-refractivity contribution is 0.152. The molecule has 0 aromatic carbocycles. The van der Waals surface area contributed by atoms with Crippen LogP contribution in [0.25, 0.3) is 0 Å². The summed E-state index contributed by atoms with van der Waals surface area (Å²) in [6.07, 6.45) is 2.44. The van der Waals surface area contributed by atoms with E-state index in [0.29, 0.717) is 0 Å². The SMILES string of the molecule is CCNC(=NCc1ccsc1)NCCCCN1CCN(C)CC1.I. The van der Waals surface area contributed by atoms with Gasteiger partial charge in [0.05, 0.1) is 6.54 Å². The van der Waals surface area contributed by atoms with E-state index in [1.807, 2.05) is 0 Å². The van der Waals surface area contributed by atoms with Gasteiger partial charge in [-0.15, -0.1) is 24.0 Å². The number of aliphatic imine (C=N–C) groups is 1. The normalized spacial score (nSPS) is 16.7. The smallest absolute Gasteiger partial charge is 0.191 e. The van der Waals surface area contributed by atoms with Gasteiger partial charge in [0.2, 0.25) is 0 Å². The van der Waals surface area contributed by atoms with Crippen LogP contribution in [0, 0.1) is 0 Å². The zero-order valence-corrected chi connectivity index (χ0v) is 18.1. The van der Waals surface area contributed by atoms with Gasteiger partial charge in [-0.3, -0.25) is 0 Å². The second-order valence-corrected chi connectivity index (χ2v) is 6.89. The molecule has 24 heavy (non-hydrogen) atoms. The average Bonchev–Trinajstić information content (AvgIpc) is 3.07. The largest absolute Gasteiger partial charge is 0.357 e. The van der Waals surface area contributed by atoms with Crippen LogP contribution in [0.15, 0.2) is 21.8 Å². The number of guanidine groups is 1. The molecular formula is C17H32IN5S. The van der Waals surface area contributed by atoms with Crippen molar-refractivity contribution in [3.63, 3.8) is 0 Å². The van der Waals surface area contributed by atoms with Crippen LogP contribution in [0.4, 0.5) is 0 Å². The first kappa shape index (κ1) is 21.7. The Hall–Kier alpha value is -0.380. The predicted molar refractivity (Wildman–Crippen MR) is 116 cm³/mol. The monoisotopic (exact) mass is 465 g/mol. The number of halogens is 1. The number of rotatable bonds is 8. The van der Waals surface area contributed by atoms with Crippen molar-refractivity contribution >= 4 is 41.3 Å². The van der Waals surface area contributed by atoms with Crippen LogP contribution in [0.3, 0.4) is 0 Å². The highest BCUT2D eigenvalue weighted by Crippen LogP contribution is 2.06. The Morgan fingerprint density at radius 3 is 2.67 bits per heavy atom. The second-order valence-electron chi connectivity index (χ2n) is 6.11. The van der Waals surface area contributed by atoms with Crippen LogP contribution in [0.2, 0.25) is 0 Å². The molecule has 1 fully saturated rings. The zero-order valence-electron chi connectivity index (χ0n) is 15.0. The van der Waals surface area contributed by atoms with Crippen molar-refractivity contribution in [3.8, 4) is 0 Å². The van der Waals surface area contributed by atoms with Gasteiger partial charge >= 0.3 is 0 Å². The van der Waals surface area contributed by atoms with Gasteiger partial charge in [0.25, 0.3) is 0 Å². The third-order valence-electron chi connectivity index (χ3n) is 4.13. The van der Waals surface area contributed by atoms with Crippen LogP contribution in [0.1, 0.15) is 25.3 Å². The molecule has 1 aliphatic rings. The van der Waals surface area contributed by atoms with E-state index in [9.17, 15) is 0 Å². The molecule has 0 atom stereocenters. The van der Waals surface area contributed by atoms with E-state index in [4.69, 9.17) is 0 Å². The summed E-state index contributed by atoms with van der Waals surface area (Å²) in [6, 6.07) is 2.13. The summed E-state index contributed by atoms with van der Waals surface area (Å²) < 4.78 is 0. The van der Waals surface area contributed by atoms with Crippen molar-refractivity contribution in [2.75, 3.05) is 52.9 Å². The third-order valence-corrected chi connectivity index (χ3v) is 4.87. The Balaban J connectivity index is 0.00000288. The van der Waals surface area contributed by atoms with Gasteiger partial charge in [-0.2, -0.15) is 11.3 Å². The molecule has 0 saturated carbocycles. The first-order valence-electron chi connectivity index (χ1n) is 8.72. The lowest BCUT2D eigenvalue weighted by atomic mass is 10.2. The predicted octanol–water partition coefficient (Wildman–Crippen LogP) is 2.45. The van der Waals surface area contributed by atoms with Gasteiger partial charge in [-0.1, -0.05) is 0 Å². The first-order chi connectivity index (χ1) is 11.3. The number of hydrogen-bond acceptors (Lipinski definition) is 4. The molecule has 1 aromatic rings. The van der Waals surface area contributed by atoms with Crippen LogP contribution in [-0.2, 0) is 6.54 Å². The molecule has 0 spiro atoms. The Morgan fingerprint density at radius 1 is 1.21 bits per heavy atom. The van der Waals surface area contributed by atoms with Gasteiger partial charge in [0.1, 0.15) is 0 Å². The van der Waals surface area contributed by atoms with Crippen molar-refractivity contribution < 1.29 is 0 Å².